The maximum Gasteiger partial charge on any atom is 0.318 e. The zero-order valence-electron chi connectivity index (χ0n) is 26.5. The summed E-state index contributed by atoms with van der Waals surface area (Å²) >= 11 is 6.72. The number of carbonyl (C=O) groups is 1. The molecule has 2 fully saturated rings. The molecule has 1 saturated heterocycles. The molecule has 0 unspecified atom stereocenters. The van der Waals surface area contributed by atoms with Gasteiger partial charge in [-0.1, -0.05) is 42.4 Å². The Labute approximate surface area is 271 Å². The van der Waals surface area contributed by atoms with E-state index in [4.69, 9.17) is 32.9 Å². The van der Waals surface area contributed by atoms with Crippen LogP contribution in [0.3, 0.4) is 0 Å². The first-order valence-electron chi connectivity index (χ1n) is 16.0. The summed E-state index contributed by atoms with van der Waals surface area (Å²) in [5.41, 5.74) is 3.12. The topological polar surface area (TPSA) is 69.4 Å². The maximum atomic E-state index is 12.6. The van der Waals surface area contributed by atoms with Gasteiger partial charge in [0.05, 0.1) is 17.3 Å². The van der Waals surface area contributed by atoms with E-state index < -0.39 is 0 Å². The molecule has 0 N–H and O–H groups in total. The first kappa shape index (κ1) is 31.1. The number of ether oxygens (including phenoxy) is 1. The molecule has 45 heavy (non-hydrogen) atoms. The lowest BCUT2D eigenvalue weighted by Gasteiger charge is -2.41. The van der Waals surface area contributed by atoms with Crippen molar-refractivity contribution in [3.05, 3.63) is 76.8 Å². The number of hydrogen-bond donors (Lipinski definition) is 0. The molecule has 3 heterocycles. The second-order valence-corrected chi connectivity index (χ2v) is 13.1. The van der Waals surface area contributed by atoms with Gasteiger partial charge in [-0.3, -0.25) is 9.69 Å². The molecule has 1 aliphatic carbocycles. The summed E-state index contributed by atoms with van der Waals surface area (Å²) in [6.45, 7) is 19.6. The Balaban J connectivity index is 1.32. The fourth-order valence-electron chi connectivity index (χ4n) is 6.89. The van der Waals surface area contributed by atoms with Gasteiger partial charge in [0.25, 0.3) is 0 Å². The number of nitrogens with zero attached hydrogens (tertiary/aromatic N) is 7. The number of carbonyl (C=O) groups excluding carboxylic acids is 1. The Bertz CT molecular complexity index is 1610. The molecule has 2 aliphatic heterocycles. The van der Waals surface area contributed by atoms with Gasteiger partial charge in [-0.25, -0.2) is 6.57 Å². The molecule has 1 saturated carbocycles. The number of benzene rings is 2. The number of piperazine rings is 1. The predicted molar refractivity (Wildman–Crippen MR) is 180 cm³/mol. The number of hydrogen-bond acceptors (Lipinski definition) is 7. The summed E-state index contributed by atoms with van der Waals surface area (Å²) in [7, 11) is 2.16. The average molecular weight is 628 g/mol. The lowest BCUT2D eigenvalue weighted by Crippen LogP contribution is -2.56. The first-order valence-corrected chi connectivity index (χ1v) is 16.3. The van der Waals surface area contributed by atoms with Gasteiger partial charge < -0.3 is 24.3 Å². The van der Waals surface area contributed by atoms with E-state index in [9.17, 15) is 4.79 Å². The summed E-state index contributed by atoms with van der Waals surface area (Å²) in [6, 6.07) is 13.0. The van der Waals surface area contributed by atoms with Crippen LogP contribution in [0, 0.1) is 12.5 Å². The highest BCUT2D eigenvalue weighted by Gasteiger charge is 2.35. The Morgan fingerprint density at radius 1 is 1.18 bits per heavy atom. The Morgan fingerprint density at radius 2 is 1.96 bits per heavy atom. The number of aromatic nitrogens is 2. The number of fused-ring (bicyclic) bond motifs is 2. The molecule has 1 amide bonds. The second-order valence-electron chi connectivity index (χ2n) is 12.7. The smallest absolute Gasteiger partial charge is 0.318 e. The third-order valence-electron chi connectivity index (χ3n) is 9.59. The van der Waals surface area contributed by atoms with Crippen LogP contribution in [0.2, 0.25) is 5.02 Å². The number of anilines is 2. The van der Waals surface area contributed by atoms with Crippen LogP contribution in [0.25, 0.3) is 15.6 Å². The van der Waals surface area contributed by atoms with E-state index in [1.807, 2.05) is 12.1 Å². The summed E-state index contributed by atoms with van der Waals surface area (Å²) in [4.78, 5) is 35.0. The van der Waals surface area contributed by atoms with Gasteiger partial charge in [0.2, 0.25) is 12.5 Å². The quantitative estimate of drug-likeness (QED) is 0.218. The SMILES string of the molecule is [C-]#[N+]C[C@H]1CN(c2nc(O[C@@H](C)CN(C)[C@@H](C)C3CC3)nc3c2CCN(c2cccc4cccc(Cl)c24)C3)CCN1C(=O)C=C. The third-order valence-corrected chi connectivity index (χ3v) is 9.90. The molecule has 1 aromatic heterocycles. The van der Waals surface area contributed by atoms with Gasteiger partial charge in [0.1, 0.15) is 18.0 Å². The van der Waals surface area contributed by atoms with Crippen LogP contribution in [0.1, 0.15) is 37.9 Å². The van der Waals surface area contributed by atoms with Gasteiger partial charge in [0, 0.05) is 55.4 Å². The van der Waals surface area contributed by atoms with Gasteiger partial charge in [-0.2, -0.15) is 9.97 Å². The van der Waals surface area contributed by atoms with Gasteiger partial charge in [-0.05, 0) is 69.7 Å². The van der Waals surface area contributed by atoms with Crippen molar-refractivity contribution in [3.8, 4) is 6.01 Å². The van der Waals surface area contributed by atoms with Gasteiger partial charge in [-0.15, -0.1) is 0 Å². The molecular weight excluding hydrogens is 586 g/mol. The minimum absolute atomic E-state index is 0.101. The van der Waals surface area contributed by atoms with Crippen molar-refractivity contribution < 1.29 is 9.53 Å². The van der Waals surface area contributed by atoms with E-state index in [1.54, 1.807) is 4.90 Å². The monoisotopic (exact) mass is 627 g/mol. The molecule has 0 spiro atoms. The zero-order chi connectivity index (χ0) is 31.7. The Hall–Kier alpha value is -3.87. The van der Waals surface area contributed by atoms with Gasteiger partial charge >= 0.3 is 6.01 Å². The highest BCUT2D eigenvalue weighted by Crippen LogP contribution is 2.38. The molecule has 2 aromatic carbocycles. The molecule has 3 aliphatic rings. The lowest BCUT2D eigenvalue weighted by atomic mass is 10.0. The summed E-state index contributed by atoms with van der Waals surface area (Å²) in [5.74, 6) is 1.48. The molecular formula is C35H42ClN7O2. The van der Waals surface area contributed by atoms with Crippen molar-refractivity contribution in [2.24, 2.45) is 5.92 Å². The molecule has 10 heteroatoms. The lowest BCUT2D eigenvalue weighted by molar-refractivity contribution is -0.128. The van der Waals surface area contributed by atoms with E-state index in [-0.39, 0.29) is 24.6 Å². The highest BCUT2D eigenvalue weighted by molar-refractivity contribution is 6.36. The van der Waals surface area contributed by atoms with Crippen molar-refractivity contribution in [1.29, 1.82) is 0 Å². The number of likely N-dealkylation sites (N-methyl/N-ethyl adjacent to an activating group) is 1. The Morgan fingerprint density at radius 3 is 2.69 bits per heavy atom. The number of rotatable bonds is 10. The van der Waals surface area contributed by atoms with Crippen LogP contribution in [0.15, 0.2) is 49.1 Å². The minimum atomic E-state index is -0.244. The molecule has 0 bridgehead atoms. The predicted octanol–water partition coefficient (Wildman–Crippen LogP) is 5.47. The third kappa shape index (κ3) is 6.58. The van der Waals surface area contributed by atoms with E-state index in [2.05, 4.69) is 71.3 Å². The largest absolute Gasteiger partial charge is 0.459 e. The molecule has 9 nitrogen and oxygen atoms in total. The van der Waals surface area contributed by atoms with E-state index in [0.717, 1.165) is 64.0 Å². The van der Waals surface area contributed by atoms with Crippen LogP contribution < -0.4 is 14.5 Å². The van der Waals surface area contributed by atoms with E-state index >= 15 is 0 Å². The first-order chi connectivity index (χ1) is 21.8. The second kappa shape index (κ2) is 13.2. The van der Waals surface area contributed by atoms with Crippen molar-refractivity contribution in [1.82, 2.24) is 19.8 Å². The highest BCUT2D eigenvalue weighted by atomic mass is 35.5. The molecule has 236 valence electrons. The van der Waals surface area contributed by atoms with Crippen molar-refractivity contribution in [3.63, 3.8) is 0 Å². The van der Waals surface area contributed by atoms with Crippen molar-refractivity contribution in [2.75, 3.05) is 56.1 Å². The van der Waals surface area contributed by atoms with E-state index in [1.165, 1.54) is 18.9 Å². The maximum absolute atomic E-state index is 12.6. The summed E-state index contributed by atoms with van der Waals surface area (Å²) in [5, 5.41) is 2.88. The van der Waals surface area contributed by atoms with Crippen LogP contribution >= 0.6 is 11.6 Å². The average Bonchev–Trinajstić information content (AvgIpc) is 3.89. The fraction of sp³-hybridized carbons (Fsp3) is 0.486. The molecule has 6 rings (SSSR count). The van der Waals surface area contributed by atoms with Crippen LogP contribution in [0.4, 0.5) is 11.5 Å². The Kier molecular flexibility index (Phi) is 9.16. The van der Waals surface area contributed by atoms with Crippen LogP contribution in [0.5, 0.6) is 6.01 Å². The van der Waals surface area contributed by atoms with Gasteiger partial charge in [0.15, 0.2) is 0 Å². The molecule has 3 aromatic rings. The standard InChI is InChI=1S/C35H42ClN7O2/c1-6-32(44)43-18-17-42(21-27(43)19-37-4)34-28-15-16-41(31-12-8-10-26-9-7-11-29(36)33(26)31)22-30(28)38-35(39-34)45-23(2)20-40(5)24(3)25-13-14-25/h6-12,23-25,27H,1,13-22H2,2-3,5H3/t23-,24-,27-/m0/s1. The van der Waals surface area contributed by atoms with Crippen molar-refractivity contribution >= 4 is 39.8 Å². The fourth-order valence-corrected chi connectivity index (χ4v) is 7.17. The number of halogens is 1. The molecule has 0 radical (unpaired) electrons. The number of amides is 1. The summed E-state index contributed by atoms with van der Waals surface area (Å²) < 4.78 is 6.46. The normalized spacial score (nSPS) is 19.6. The zero-order valence-corrected chi connectivity index (χ0v) is 27.2. The van der Waals surface area contributed by atoms with Crippen LogP contribution in [-0.4, -0.2) is 90.2 Å². The minimum Gasteiger partial charge on any atom is -0.459 e. The van der Waals surface area contributed by atoms with Crippen molar-refractivity contribution in [2.45, 2.75) is 57.8 Å². The summed E-state index contributed by atoms with van der Waals surface area (Å²) in [6.07, 6.45) is 4.59. The van der Waals surface area contributed by atoms with Crippen LogP contribution in [-0.2, 0) is 17.8 Å². The van der Waals surface area contributed by atoms with E-state index in [0.29, 0.717) is 38.2 Å². The molecule has 3 atom stereocenters.